The first-order valence-electron chi connectivity index (χ1n) is 8.84. The Bertz CT molecular complexity index is 774. The number of pyridine rings is 1. The number of guanidine groups is 1. The van der Waals surface area contributed by atoms with Crippen LogP contribution in [0.3, 0.4) is 0 Å². The third-order valence-electron chi connectivity index (χ3n) is 4.27. The van der Waals surface area contributed by atoms with Crippen LogP contribution in [0.5, 0.6) is 5.88 Å². The van der Waals surface area contributed by atoms with Crippen LogP contribution in [0, 0.1) is 0 Å². The molecule has 28 heavy (non-hydrogen) atoms. The zero-order chi connectivity index (χ0) is 20.0. The fourth-order valence-corrected chi connectivity index (χ4v) is 3.72. The molecule has 0 bridgehead atoms. The zero-order valence-corrected chi connectivity index (χ0v) is 16.3. The van der Waals surface area contributed by atoms with E-state index >= 15 is 0 Å². The lowest BCUT2D eigenvalue weighted by Gasteiger charge is -2.37. The predicted molar refractivity (Wildman–Crippen MR) is 104 cm³/mol. The molecule has 1 aliphatic heterocycles. The van der Waals surface area contributed by atoms with Crippen LogP contribution in [0.1, 0.15) is 5.56 Å². The highest BCUT2D eigenvalue weighted by molar-refractivity contribution is 7.14. The van der Waals surface area contributed by atoms with Crippen molar-refractivity contribution < 1.29 is 17.9 Å². The number of hydrogen-bond acceptors (Lipinski definition) is 5. The first-order valence-corrected chi connectivity index (χ1v) is 9.72. The molecule has 0 aliphatic carbocycles. The van der Waals surface area contributed by atoms with E-state index in [1.807, 2.05) is 6.07 Å². The Morgan fingerprint density at radius 2 is 2.04 bits per heavy atom. The van der Waals surface area contributed by atoms with E-state index in [0.717, 1.165) is 26.2 Å². The van der Waals surface area contributed by atoms with Gasteiger partial charge in [-0.05, 0) is 23.6 Å². The molecule has 10 heteroatoms. The minimum Gasteiger partial charge on any atom is -0.468 e. The number of aromatic nitrogens is 1. The number of ether oxygens (including phenoxy) is 1. The molecule has 0 atom stereocenters. The predicted octanol–water partition coefficient (Wildman–Crippen LogP) is 2.98. The molecule has 3 rings (SSSR count). The van der Waals surface area contributed by atoms with E-state index in [1.54, 1.807) is 30.5 Å². The quantitative estimate of drug-likeness (QED) is 0.603. The molecule has 1 aliphatic rings. The van der Waals surface area contributed by atoms with Gasteiger partial charge in [-0.25, -0.2) is 4.98 Å². The van der Waals surface area contributed by atoms with Crippen LogP contribution >= 0.6 is 11.3 Å². The molecule has 1 N–H and O–H groups in total. The van der Waals surface area contributed by atoms with E-state index in [4.69, 9.17) is 4.74 Å². The summed E-state index contributed by atoms with van der Waals surface area (Å²) in [5.41, 5.74) is 0.546. The summed E-state index contributed by atoms with van der Waals surface area (Å²) < 4.78 is 42.1. The third kappa shape index (κ3) is 5.51. The summed E-state index contributed by atoms with van der Waals surface area (Å²) in [5, 5.41) is 6.52. The maximum atomic E-state index is 12.4. The van der Waals surface area contributed by atoms with Crippen molar-refractivity contribution in [2.24, 2.45) is 4.99 Å². The zero-order valence-electron chi connectivity index (χ0n) is 15.4. The highest BCUT2D eigenvalue weighted by Gasteiger charge is 2.29. The SMILES string of the molecule is CN=C(NCc1cccnc1OCC(F)(F)F)N1CCN(c2cccs2)CC1. The van der Waals surface area contributed by atoms with Crippen LogP contribution in [0.15, 0.2) is 40.8 Å². The molecular formula is C18H22F3N5OS. The van der Waals surface area contributed by atoms with Gasteiger partial charge in [-0.3, -0.25) is 4.99 Å². The minimum absolute atomic E-state index is 0.0229. The van der Waals surface area contributed by atoms with Crippen LogP contribution in [-0.2, 0) is 6.54 Å². The van der Waals surface area contributed by atoms with E-state index in [9.17, 15) is 13.2 Å². The van der Waals surface area contributed by atoms with Crippen LogP contribution in [0.25, 0.3) is 0 Å². The van der Waals surface area contributed by atoms with Gasteiger partial charge in [0.15, 0.2) is 12.6 Å². The van der Waals surface area contributed by atoms with Crippen LogP contribution in [-0.4, -0.2) is 61.9 Å². The van der Waals surface area contributed by atoms with Gasteiger partial charge in [0, 0.05) is 51.5 Å². The first kappa shape index (κ1) is 20.2. The van der Waals surface area contributed by atoms with Gasteiger partial charge in [-0.15, -0.1) is 11.3 Å². The normalized spacial score (nSPS) is 15.6. The average Bonchev–Trinajstić information content (AvgIpc) is 3.22. The molecule has 1 fully saturated rings. The number of aliphatic imine (C=N–C) groups is 1. The Hall–Kier alpha value is -2.49. The molecule has 6 nitrogen and oxygen atoms in total. The van der Waals surface area contributed by atoms with Gasteiger partial charge in [0.25, 0.3) is 0 Å². The second kappa shape index (κ2) is 9.13. The van der Waals surface area contributed by atoms with Gasteiger partial charge in [0.05, 0.1) is 5.00 Å². The highest BCUT2D eigenvalue weighted by atomic mass is 32.1. The lowest BCUT2D eigenvalue weighted by molar-refractivity contribution is -0.154. The molecule has 0 spiro atoms. The fourth-order valence-electron chi connectivity index (χ4n) is 2.93. The Kier molecular flexibility index (Phi) is 6.61. The fraction of sp³-hybridized carbons (Fsp3) is 0.444. The molecule has 0 aromatic carbocycles. The van der Waals surface area contributed by atoms with Crippen molar-refractivity contribution in [3.63, 3.8) is 0 Å². The van der Waals surface area contributed by atoms with Crippen LogP contribution in [0.4, 0.5) is 18.2 Å². The number of thiophene rings is 1. The maximum absolute atomic E-state index is 12.4. The van der Waals surface area contributed by atoms with Gasteiger partial charge in [0.1, 0.15) is 0 Å². The Morgan fingerprint density at radius 3 is 2.68 bits per heavy atom. The van der Waals surface area contributed by atoms with Crippen molar-refractivity contribution in [2.75, 3.05) is 44.7 Å². The summed E-state index contributed by atoms with van der Waals surface area (Å²) in [4.78, 5) is 12.7. The first-order chi connectivity index (χ1) is 13.5. The number of hydrogen-bond donors (Lipinski definition) is 1. The molecule has 0 amide bonds. The number of nitrogens with one attached hydrogen (secondary N) is 1. The van der Waals surface area contributed by atoms with Gasteiger partial charge < -0.3 is 19.9 Å². The van der Waals surface area contributed by atoms with E-state index in [0.29, 0.717) is 11.5 Å². The smallest absolute Gasteiger partial charge is 0.422 e. The van der Waals surface area contributed by atoms with Crippen molar-refractivity contribution in [1.29, 1.82) is 0 Å². The number of anilines is 1. The molecule has 0 saturated carbocycles. The summed E-state index contributed by atoms with van der Waals surface area (Å²) in [6, 6.07) is 7.51. The second-order valence-corrected chi connectivity index (χ2v) is 7.12. The van der Waals surface area contributed by atoms with Crippen LogP contribution in [0.2, 0.25) is 0 Å². The van der Waals surface area contributed by atoms with Crippen molar-refractivity contribution in [1.82, 2.24) is 15.2 Å². The summed E-state index contributed by atoms with van der Waals surface area (Å²) in [5.74, 6) is 0.682. The number of piperazine rings is 1. The number of rotatable bonds is 5. The van der Waals surface area contributed by atoms with Crippen molar-refractivity contribution in [3.8, 4) is 5.88 Å². The molecule has 0 radical (unpaired) electrons. The molecule has 2 aromatic rings. The number of halogens is 3. The summed E-state index contributed by atoms with van der Waals surface area (Å²) >= 11 is 1.72. The molecular weight excluding hydrogens is 391 g/mol. The lowest BCUT2D eigenvalue weighted by Crippen LogP contribution is -2.52. The van der Waals surface area contributed by atoms with E-state index in [2.05, 4.69) is 36.5 Å². The number of nitrogens with zero attached hydrogens (tertiary/aromatic N) is 4. The maximum Gasteiger partial charge on any atom is 0.422 e. The molecule has 152 valence electrons. The molecule has 1 saturated heterocycles. The molecule has 0 unspecified atom stereocenters. The van der Waals surface area contributed by atoms with Crippen LogP contribution < -0.4 is 15.0 Å². The largest absolute Gasteiger partial charge is 0.468 e. The molecule has 3 heterocycles. The standard InChI is InChI=1S/C18H22F3N5OS/c1-22-17(26-9-7-25(8-10-26)15-5-3-11-28-15)24-12-14-4-2-6-23-16(14)27-13-18(19,20)21/h2-6,11H,7-10,12-13H2,1H3,(H,22,24). The lowest BCUT2D eigenvalue weighted by atomic mass is 10.2. The Labute approximate surface area is 165 Å². The van der Waals surface area contributed by atoms with Crippen molar-refractivity contribution in [3.05, 3.63) is 41.4 Å². The topological polar surface area (TPSA) is 53.0 Å². The van der Waals surface area contributed by atoms with Gasteiger partial charge in [-0.2, -0.15) is 13.2 Å². The highest BCUT2D eigenvalue weighted by Crippen LogP contribution is 2.23. The second-order valence-electron chi connectivity index (χ2n) is 6.20. The summed E-state index contributed by atoms with van der Waals surface area (Å²) in [7, 11) is 1.69. The minimum atomic E-state index is -4.40. The van der Waals surface area contributed by atoms with E-state index in [1.165, 1.54) is 11.2 Å². The summed E-state index contributed by atoms with van der Waals surface area (Å²) in [6.07, 6.45) is -2.99. The average molecular weight is 413 g/mol. The van der Waals surface area contributed by atoms with Crippen molar-refractivity contribution >= 4 is 22.3 Å². The Morgan fingerprint density at radius 1 is 1.25 bits per heavy atom. The van der Waals surface area contributed by atoms with Gasteiger partial charge in [0.2, 0.25) is 5.88 Å². The van der Waals surface area contributed by atoms with E-state index < -0.39 is 12.8 Å². The van der Waals surface area contributed by atoms with E-state index in [-0.39, 0.29) is 12.4 Å². The van der Waals surface area contributed by atoms with Crippen molar-refractivity contribution in [2.45, 2.75) is 12.7 Å². The third-order valence-corrected chi connectivity index (χ3v) is 5.20. The summed E-state index contributed by atoms with van der Waals surface area (Å²) in [6.45, 7) is 2.29. The number of alkyl halides is 3. The van der Waals surface area contributed by atoms with Gasteiger partial charge >= 0.3 is 6.18 Å². The Balaban J connectivity index is 1.55. The molecule has 2 aromatic heterocycles. The monoisotopic (exact) mass is 413 g/mol. The van der Waals surface area contributed by atoms with Gasteiger partial charge in [-0.1, -0.05) is 6.07 Å².